The fourth-order valence-corrected chi connectivity index (χ4v) is 10.6. The first kappa shape index (κ1) is 31.8. The predicted octanol–water partition coefficient (Wildman–Crippen LogP) is 15.5. The van der Waals surface area contributed by atoms with Gasteiger partial charge in [0.25, 0.3) is 0 Å². The van der Waals surface area contributed by atoms with Crippen molar-refractivity contribution in [2.75, 3.05) is 0 Å². The smallest absolute Gasteiger partial charge is 0.144 e. The summed E-state index contributed by atoms with van der Waals surface area (Å²) in [5, 5.41) is 9.71. The number of hydrogen-bond acceptors (Lipinski definition) is 2. The number of benzene rings is 9. The van der Waals surface area contributed by atoms with Gasteiger partial charge in [0.15, 0.2) is 0 Å². The van der Waals surface area contributed by atoms with E-state index in [1.807, 2.05) is 11.3 Å². The van der Waals surface area contributed by atoms with Crippen molar-refractivity contribution in [3.8, 4) is 33.6 Å². The maximum Gasteiger partial charge on any atom is 0.144 e. The Morgan fingerprint density at radius 1 is 0.328 bits per heavy atom. The van der Waals surface area contributed by atoms with Crippen molar-refractivity contribution in [2.45, 2.75) is 0 Å². The lowest BCUT2D eigenvalue weighted by atomic mass is 10.0. The van der Waals surface area contributed by atoms with Crippen LogP contribution in [0.4, 0.5) is 0 Å². The first-order chi connectivity index (χ1) is 28.7. The fourth-order valence-electron chi connectivity index (χ4n) is 9.47. The molecule has 0 N–H and O–H groups in total. The van der Waals surface area contributed by atoms with E-state index in [-0.39, 0.29) is 0 Å². The standard InChI is InChI=1S/C54H32N2OS/c1-2-10-33(11-3-1)34-18-22-37(23-19-34)55-46-15-7-4-12-39(46)44-30-35(20-27-48(44)55)36-21-28-49-45(31-36)40-13-5-8-16-47(40)56(49)38-24-25-41-42-26-29-52-53(54(42)57-50(41)32-38)43-14-6-9-17-51(43)58-52/h1-32H. The first-order valence-electron chi connectivity index (χ1n) is 19.7. The molecule has 0 saturated carbocycles. The third kappa shape index (κ3) is 4.55. The molecule has 3 nitrogen and oxygen atoms in total. The van der Waals surface area contributed by atoms with Gasteiger partial charge < -0.3 is 13.6 Å². The molecule has 0 atom stereocenters. The van der Waals surface area contributed by atoms with E-state index >= 15 is 0 Å². The predicted molar refractivity (Wildman–Crippen MR) is 246 cm³/mol. The SMILES string of the molecule is c1ccc(-c2ccc(-n3c4ccccc4c4cc(-c5ccc6c(c5)c5ccccc5n6-c5ccc6c(c5)oc5c6ccc6sc7ccccc7c65)ccc43)cc2)cc1. The van der Waals surface area contributed by atoms with Gasteiger partial charge in [-0.2, -0.15) is 0 Å². The van der Waals surface area contributed by atoms with Crippen LogP contribution < -0.4 is 0 Å². The van der Waals surface area contributed by atoms with Crippen molar-refractivity contribution >= 4 is 97.1 Å². The van der Waals surface area contributed by atoms with Gasteiger partial charge in [0.1, 0.15) is 11.2 Å². The van der Waals surface area contributed by atoms with Gasteiger partial charge in [0, 0.05) is 69.9 Å². The number of hydrogen-bond donors (Lipinski definition) is 0. The normalized spacial score (nSPS) is 12.1. The van der Waals surface area contributed by atoms with Crippen LogP contribution in [0.25, 0.3) is 119 Å². The molecule has 13 rings (SSSR count). The van der Waals surface area contributed by atoms with Gasteiger partial charge in [-0.15, -0.1) is 11.3 Å². The summed E-state index contributed by atoms with van der Waals surface area (Å²) >= 11 is 1.83. The molecule has 0 bridgehead atoms. The van der Waals surface area contributed by atoms with Gasteiger partial charge in [0.2, 0.25) is 0 Å². The Morgan fingerprint density at radius 3 is 1.57 bits per heavy atom. The zero-order chi connectivity index (χ0) is 37.9. The number of para-hydroxylation sites is 2. The Bertz CT molecular complexity index is 3790. The lowest BCUT2D eigenvalue weighted by Gasteiger charge is -2.10. The monoisotopic (exact) mass is 756 g/mol. The van der Waals surface area contributed by atoms with Gasteiger partial charge in [-0.3, -0.25) is 0 Å². The molecule has 4 heterocycles. The Labute approximate surface area is 336 Å². The highest BCUT2D eigenvalue weighted by molar-refractivity contribution is 7.26. The zero-order valence-electron chi connectivity index (χ0n) is 31.2. The molecule has 0 saturated heterocycles. The number of furan rings is 1. The molecule has 0 aliphatic carbocycles. The van der Waals surface area contributed by atoms with Crippen LogP contribution in [0.5, 0.6) is 0 Å². The molecule has 13 aromatic rings. The third-order valence-electron chi connectivity index (χ3n) is 12.1. The molecule has 9 aromatic carbocycles. The molecule has 0 fully saturated rings. The first-order valence-corrected chi connectivity index (χ1v) is 20.6. The van der Waals surface area contributed by atoms with Crippen LogP contribution in [0.15, 0.2) is 199 Å². The number of thiophene rings is 1. The maximum absolute atomic E-state index is 6.78. The van der Waals surface area contributed by atoms with Crippen molar-refractivity contribution in [1.29, 1.82) is 0 Å². The lowest BCUT2D eigenvalue weighted by molar-refractivity contribution is 0.672. The van der Waals surface area contributed by atoms with Gasteiger partial charge in [-0.25, -0.2) is 0 Å². The van der Waals surface area contributed by atoms with Crippen molar-refractivity contribution in [2.24, 2.45) is 0 Å². The highest BCUT2D eigenvalue weighted by Gasteiger charge is 2.19. The molecule has 0 radical (unpaired) electrons. The van der Waals surface area contributed by atoms with Crippen LogP contribution in [-0.2, 0) is 0 Å². The lowest BCUT2D eigenvalue weighted by Crippen LogP contribution is -1.94. The summed E-state index contributed by atoms with van der Waals surface area (Å²) in [6, 6.07) is 70.7. The van der Waals surface area contributed by atoms with E-state index in [4.69, 9.17) is 4.42 Å². The van der Waals surface area contributed by atoms with Crippen LogP contribution in [-0.4, -0.2) is 9.13 Å². The molecule has 58 heavy (non-hydrogen) atoms. The van der Waals surface area contributed by atoms with Crippen LogP contribution in [0.1, 0.15) is 0 Å². The summed E-state index contributed by atoms with van der Waals surface area (Å²) in [5.41, 5.74) is 13.7. The van der Waals surface area contributed by atoms with Crippen molar-refractivity contribution in [1.82, 2.24) is 9.13 Å². The van der Waals surface area contributed by atoms with Gasteiger partial charge in [-0.05, 0) is 101 Å². The second-order valence-corrected chi connectivity index (χ2v) is 16.4. The molecular formula is C54H32N2OS. The van der Waals surface area contributed by atoms with E-state index in [9.17, 15) is 0 Å². The van der Waals surface area contributed by atoms with E-state index in [1.54, 1.807) is 0 Å². The second kappa shape index (κ2) is 12.1. The van der Waals surface area contributed by atoms with Gasteiger partial charge in [-0.1, -0.05) is 109 Å². The number of aromatic nitrogens is 2. The summed E-state index contributed by atoms with van der Waals surface area (Å²) in [5.74, 6) is 0. The summed E-state index contributed by atoms with van der Waals surface area (Å²) in [6.07, 6.45) is 0. The minimum absolute atomic E-state index is 0.900. The molecule has 0 spiro atoms. The van der Waals surface area contributed by atoms with Crippen LogP contribution >= 0.6 is 11.3 Å². The Balaban J connectivity index is 0.942. The van der Waals surface area contributed by atoms with Gasteiger partial charge in [0.05, 0.1) is 22.1 Å². The number of nitrogens with zero attached hydrogens (tertiary/aromatic N) is 2. The van der Waals surface area contributed by atoms with E-state index in [1.165, 1.54) is 86.0 Å². The maximum atomic E-state index is 6.78. The molecule has 0 amide bonds. The zero-order valence-corrected chi connectivity index (χ0v) is 32.0. The molecule has 4 aromatic heterocycles. The van der Waals surface area contributed by atoms with Crippen LogP contribution in [0, 0.1) is 0 Å². The minimum atomic E-state index is 0.900. The number of rotatable bonds is 4. The minimum Gasteiger partial charge on any atom is -0.455 e. The summed E-state index contributed by atoms with van der Waals surface area (Å²) < 4.78 is 14.1. The van der Waals surface area contributed by atoms with E-state index in [2.05, 4.69) is 203 Å². The number of fused-ring (bicyclic) bond motifs is 13. The molecule has 270 valence electrons. The summed E-state index contributed by atoms with van der Waals surface area (Å²) in [6.45, 7) is 0. The summed E-state index contributed by atoms with van der Waals surface area (Å²) in [4.78, 5) is 0. The molecule has 0 unspecified atom stereocenters. The highest BCUT2D eigenvalue weighted by Crippen LogP contribution is 2.43. The molecule has 0 aliphatic rings. The van der Waals surface area contributed by atoms with Crippen LogP contribution in [0.3, 0.4) is 0 Å². The topological polar surface area (TPSA) is 23.0 Å². The van der Waals surface area contributed by atoms with Crippen molar-refractivity contribution < 1.29 is 4.42 Å². The average Bonchev–Trinajstić information content (AvgIpc) is 4.03. The van der Waals surface area contributed by atoms with Crippen LogP contribution in [0.2, 0.25) is 0 Å². The van der Waals surface area contributed by atoms with Crippen molar-refractivity contribution in [3.63, 3.8) is 0 Å². The quantitative estimate of drug-likeness (QED) is 0.175. The second-order valence-electron chi connectivity index (χ2n) is 15.3. The fraction of sp³-hybridized carbons (Fsp3) is 0. The highest BCUT2D eigenvalue weighted by atomic mass is 32.1. The van der Waals surface area contributed by atoms with Crippen molar-refractivity contribution in [3.05, 3.63) is 194 Å². The Hall–Kier alpha value is -7.40. The van der Waals surface area contributed by atoms with E-state index < -0.39 is 0 Å². The Kier molecular flexibility index (Phi) is 6.60. The van der Waals surface area contributed by atoms with E-state index in [0.717, 1.165) is 33.3 Å². The largest absolute Gasteiger partial charge is 0.455 e. The molecule has 0 aliphatic heterocycles. The van der Waals surface area contributed by atoms with Gasteiger partial charge >= 0.3 is 0 Å². The third-order valence-corrected chi connectivity index (χ3v) is 13.3. The summed E-state index contributed by atoms with van der Waals surface area (Å²) in [7, 11) is 0. The average molecular weight is 757 g/mol. The Morgan fingerprint density at radius 2 is 0.862 bits per heavy atom. The molecular weight excluding hydrogens is 725 g/mol. The molecule has 4 heteroatoms. The van der Waals surface area contributed by atoms with E-state index in [0.29, 0.717) is 0 Å².